The fourth-order valence-electron chi connectivity index (χ4n) is 1.88. The molecule has 1 saturated carbocycles. The summed E-state index contributed by atoms with van der Waals surface area (Å²) in [5, 5.41) is 17.3. The lowest BCUT2D eigenvalue weighted by Crippen LogP contribution is -2.26. The van der Waals surface area contributed by atoms with Crippen molar-refractivity contribution in [2.45, 2.75) is 25.3 Å². The van der Waals surface area contributed by atoms with E-state index >= 15 is 0 Å². The number of amides is 2. The van der Waals surface area contributed by atoms with Crippen LogP contribution in [0.2, 0.25) is 0 Å². The summed E-state index contributed by atoms with van der Waals surface area (Å²) >= 11 is 0. The summed E-state index contributed by atoms with van der Waals surface area (Å²) in [6.45, 7) is 0.832. The largest absolute Gasteiger partial charge is 0.395 e. The summed E-state index contributed by atoms with van der Waals surface area (Å²) in [4.78, 5) is 23.3. The van der Waals surface area contributed by atoms with Crippen molar-refractivity contribution < 1.29 is 14.7 Å². The number of nitrogens with one attached hydrogen (secondary N) is 3. The van der Waals surface area contributed by atoms with E-state index in [2.05, 4.69) is 16.0 Å². The lowest BCUT2D eigenvalue weighted by Gasteiger charge is -2.07. The van der Waals surface area contributed by atoms with Gasteiger partial charge in [0, 0.05) is 36.8 Å². The molecule has 0 heterocycles. The maximum Gasteiger partial charge on any atom is 0.251 e. The highest BCUT2D eigenvalue weighted by Gasteiger charge is 2.20. The predicted molar refractivity (Wildman–Crippen MR) is 80.1 cm³/mol. The van der Waals surface area contributed by atoms with Crippen LogP contribution in [0, 0.1) is 0 Å². The van der Waals surface area contributed by atoms with E-state index in [0.29, 0.717) is 30.3 Å². The van der Waals surface area contributed by atoms with Gasteiger partial charge in [0.05, 0.1) is 6.61 Å². The molecule has 2 amide bonds. The van der Waals surface area contributed by atoms with Crippen molar-refractivity contribution in [3.05, 3.63) is 29.8 Å². The van der Waals surface area contributed by atoms with Gasteiger partial charge in [0.25, 0.3) is 5.91 Å². The number of carbonyl (C=O) groups is 2. The quantitative estimate of drug-likeness (QED) is 0.561. The van der Waals surface area contributed by atoms with E-state index in [9.17, 15) is 9.59 Å². The van der Waals surface area contributed by atoms with Gasteiger partial charge in [0.15, 0.2) is 0 Å². The van der Waals surface area contributed by atoms with Crippen molar-refractivity contribution in [3.63, 3.8) is 0 Å². The molecule has 6 nitrogen and oxygen atoms in total. The monoisotopic (exact) mass is 291 g/mol. The highest BCUT2D eigenvalue weighted by molar-refractivity contribution is 5.95. The summed E-state index contributed by atoms with van der Waals surface area (Å²) < 4.78 is 0. The van der Waals surface area contributed by atoms with E-state index < -0.39 is 0 Å². The Labute approximate surface area is 123 Å². The van der Waals surface area contributed by atoms with Crippen LogP contribution in [0.1, 0.15) is 29.6 Å². The topological polar surface area (TPSA) is 90.5 Å². The zero-order valence-electron chi connectivity index (χ0n) is 11.9. The molecule has 1 aliphatic carbocycles. The van der Waals surface area contributed by atoms with Gasteiger partial charge >= 0.3 is 0 Å². The average Bonchev–Trinajstić information content (AvgIpc) is 3.29. The minimum atomic E-state index is -0.240. The Bertz CT molecular complexity index is 483. The minimum Gasteiger partial charge on any atom is -0.395 e. The van der Waals surface area contributed by atoms with E-state index in [0.717, 1.165) is 0 Å². The predicted octanol–water partition coefficient (Wildman–Crippen LogP) is 0.489. The molecule has 0 radical (unpaired) electrons. The second kappa shape index (κ2) is 7.75. The van der Waals surface area contributed by atoms with Crippen LogP contribution in [0.25, 0.3) is 0 Å². The maximum absolute atomic E-state index is 11.7. The molecule has 0 aromatic heterocycles. The molecule has 1 aliphatic rings. The van der Waals surface area contributed by atoms with Gasteiger partial charge in [-0.2, -0.15) is 0 Å². The van der Waals surface area contributed by atoms with Gasteiger partial charge in [0.1, 0.15) is 0 Å². The van der Waals surface area contributed by atoms with Gasteiger partial charge in [-0.3, -0.25) is 9.59 Å². The molecule has 21 heavy (non-hydrogen) atoms. The number of carbonyl (C=O) groups excluding carboxylic acids is 2. The van der Waals surface area contributed by atoms with Gasteiger partial charge in [-0.25, -0.2) is 0 Å². The number of benzene rings is 1. The Balaban J connectivity index is 1.75. The lowest BCUT2D eigenvalue weighted by atomic mass is 10.2. The van der Waals surface area contributed by atoms with Gasteiger partial charge in [-0.15, -0.1) is 0 Å². The number of hydrogen-bond donors (Lipinski definition) is 4. The smallest absolute Gasteiger partial charge is 0.251 e. The summed E-state index contributed by atoms with van der Waals surface area (Å²) in [5.41, 5.74) is 1.17. The molecular formula is C15H21N3O3. The molecule has 114 valence electrons. The molecule has 1 aromatic rings. The minimum absolute atomic E-state index is 0.0411. The molecule has 2 rings (SSSR count). The molecule has 0 saturated heterocycles. The van der Waals surface area contributed by atoms with Crippen molar-refractivity contribution >= 4 is 17.5 Å². The van der Waals surface area contributed by atoms with Crippen LogP contribution in [0.15, 0.2) is 24.3 Å². The molecule has 0 atom stereocenters. The third kappa shape index (κ3) is 5.53. The third-order valence-corrected chi connectivity index (χ3v) is 3.19. The Morgan fingerprint density at radius 1 is 1.14 bits per heavy atom. The molecule has 0 unspecified atom stereocenters. The first-order valence-electron chi connectivity index (χ1n) is 7.21. The Morgan fingerprint density at radius 2 is 1.86 bits per heavy atom. The van der Waals surface area contributed by atoms with E-state index in [1.807, 2.05) is 0 Å². The van der Waals surface area contributed by atoms with Crippen LogP contribution < -0.4 is 16.0 Å². The normalized spacial score (nSPS) is 13.8. The second-order valence-corrected chi connectivity index (χ2v) is 5.08. The fraction of sp³-hybridized carbons (Fsp3) is 0.467. The zero-order chi connectivity index (χ0) is 15.1. The van der Waals surface area contributed by atoms with Crippen LogP contribution in [-0.4, -0.2) is 42.7 Å². The van der Waals surface area contributed by atoms with Gasteiger partial charge in [-0.1, -0.05) is 0 Å². The maximum atomic E-state index is 11.7. The van der Waals surface area contributed by atoms with Crippen LogP contribution in [-0.2, 0) is 4.79 Å². The molecule has 4 N–H and O–H groups in total. The highest BCUT2D eigenvalue weighted by Crippen LogP contribution is 2.18. The van der Waals surface area contributed by atoms with E-state index in [1.165, 1.54) is 12.8 Å². The molecule has 0 spiro atoms. The first-order valence-corrected chi connectivity index (χ1v) is 7.21. The van der Waals surface area contributed by atoms with Crippen LogP contribution in [0.5, 0.6) is 0 Å². The van der Waals surface area contributed by atoms with Gasteiger partial charge in [0.2, 0.25) is 5.91 Å². The van der Waals surface area contributed by atoms with Crippen molar-refractivity contribution in [3.8, 4) is 0 Å². The van der Waals surface area contributed by atoms with Crippen LogP contribution >= 0.6 is 0 Å². The summed E-state index contributed by atoms with van der Waals surface area (Å²) in [7, 11) is 0. The number of aliphatic hydroxyl groups is 1. The number of rotatable bonds is 8. The van der Waals surface area contributed by atoms with Gasteiger partial charge in [-0.05, 0) is 37.1 Å². The standard InChI is InChI=1S/C15H21N3O3/c19-10-9-17-15(21)11-1-3-13(4-2-11)18-14(20)7-8-16-12-5-6-12/h1-4,12,16,19H,5-10H2,(H,17,21)(H,18,20). The second-order valence-electron chi connectivity index (χ2n) is 5.08. The van der Waals surface area contributed by atoms with Crippen LogP contribution in [0.3, 0.4) is 0 Å². The summed E-state index contributed by atoms with van der Waals surface area (Å²) in [6.07, 6.45) is 2.86. The first-order chi connectivity index (χ1) is 10.2. The van der Waals surface area contributed by atoms with E-state index in [4.69, 9.17) is 5.11 Å². The van der Waals surface area contributed by atoms with Crippen molar-refractivity contribution in [2.75, 3.05) is 25.0 Å². The third-order valence-electron chi connectivity index (χ3n) is 3.19. The highest BCUT2D eigenvalue weighted by atomic mass is 16.3. The average molecular weight is 291 g/mol. The van der Waals surface area contributed by atoms with E-state index in [1.54, 1.807) is 24.3 Å². The molecule has 0 bridgehead atoms. The number of aliphatic hydroxyl groups excluding tert-OH is 1. The fourth-order valence-corrected chi connectivity index (χ4v) is 1.88. The Hall–Kier alpha value is -1.92. The summed E-state index contributed by atoms with van der Waals surface area (Å²) in [5.74, 6) is -0.281. The van der Waals surface area contributed by atoms with E-state index in [-0.39, 0.29) is 25.0 Å². The van der Waals surface area contributed by atoms with Gasteiger partial charge < -0.3 is 21.1 Å². The molecule has 6 heteroatoms. The number of hydrogen-bond acceptors (Lipinski definition) is 4. The first kappa shape index (κ1) is 15.5. The Kier molecular flexibility index (Phi) is 5.71. The molecule has 1 aromatic carbocycles. The van der Waals surface area contributed by atoms with Crippen molar-refractivity contribution in [1.29, 1.82) is 0 Å². The van der Waals surface area contributed by atoms with Crippen LogP contribution in [0.4, 0.5) is 5.69 Å². The molecule has 1 fully saturated rings. The van der Waals surface area contributed by atoms with Crippen molar-refractivity contribution in [2.24, 2.45) is 0 Å². The molecule has 0 aliphatic heterocycles. The molecular weight excluding hydrogens is 270 g/mol. The Morgan fingerprint density at radius 3 is 2.48 bits per heavy atom. The number of anilines is 1. The van der Waals surface area contributed by atoms with Crippen molar-refractivity contribution in [1.82, 2.24) is 10.6 Å². The lowest BCUT2D eigenvalue weighted by molar-refractivity contribution is -0.116. The summed E-state index contributed by atoms with van der Waals surface area (Å²) in [6, 6.07) is 7.28. The zero-order valence-corrected chi connectivity index (χ0v) is 11.9. The SMILES string of the molecule is O=C(CCNC1CC1)Nc1ccc(C(=O)NCCO)cc1.